The standard InChI is InChI=1S/C33H42N2O5S/c1-24(2)40-32-21-29(17-18-30(32)33(37)35-41(38,39)23-26-9-5-3-6-10-26)27-15-13-25(14-16-27)19-20-34-22-31(36)28-11-7-4-8-12-28/h4,7-8,11-18,21,24,26,31,34,36H,3,5-6,9-10,19-20,22-23H2,1-2H3,(H,35,37)/t31-/m0/s1. The predicted octanol–water partition coefficient (Wildman–Crippen LogP) is 5.65. The second-order valence-corrected chi connectivity index (χ2v) is 12.9. The maximum atomic E-state index is 13.1. The summed E-state index contributed by atoms with van der Waals surface area (Å²) in [5.74, 6) is -0.231. The van der Waals surface area contributed by atoms with Crippen LogP contribution in [0, 0.1) is 5.92 Å². The molecule has 1 amide bonds. The third-order valence-corrected chi connectivity index (χ3v) is 8.82. The maximum absolute atomic E-state index is 13.1. The van der Waals surface area contributed by atoms with Gasteiger partial charge in [-0.05, 0) is 80.0 Å². The highest BCUT2D eigenvalue weighted by Gasteiger charge is 2.25. The molecule has 0 saturated heterocycles. The van der Waals surface area contributed by atoms with Crippen molar-refractivity contribution in [1.29, 1.82) is 0 Å². The van der Waals surface area contributed by atoms with Crippen molar-refractivity contribution in [2.75, 3.05) is 18.8 Å². The molecule has 0 unspecified atom stereocenters. The van der Waals surface area contributed by atoms with E-state index in [1.54, 1.807) is 12.1 Å². The van der Waals surface area contributed by atoms with Gasteiger partial charge in [-0.3, -0.25) is 4.79 Å². The van der Waals surface area contributed by atoms with Crippen molar-refractivity contribution >= 4 is 15.9 Å². The van der Waals surface area contributed by atoms with Crippen LogP contribution in [-0.2, 0) is 16.4 Å². The van der Waals surface area contributed by atoms with Crippen LogP contribution < -0.4 is 14.8 Å². The Hall–Kier alpha value is -3.20. The number of hydrogen-bond acceptors (Lipinski definition) is 6. The summed E-state index contributed by atoms with van der Waals surface area (Å²) in [6.07, 6.45) is 5.09. The molecule has 0 heterocycles. The van der Waals surface area contributed by atoms with Crippen molar-refractivity contribution in [1.82, 2.24) is 10.0 Å². The molecular weight excluding hydrogens is 536 g/mol. The first-order chi connectivity index (χ1) is 19.7. The van der Waals surface area contributed by atoms with Crippen molar-refractivity contribution in [3.8, 4) is 16.9 Å². The molecule has 8 heteroatoms. The van der Waals surface area contributed by atoms with E-state index in [1.807, 2.05) is 62.4 Å². The Bertz CT molecular complexity index is 1370. The molecule has 0 aliphatic heterocycles. The number of nitrogens with one attached hydrogen (secondary N) is 2. The number of aliphatic hydroxyl groups is 1. The average Bonchev–Trinajstić information content (AvgIpc) is 2.95. The fourth-order valence-corrected chi connectivity index (χ4v) is 6.70. The second kappa shape index (κ2) is 14.6. The topological polar surface area (TPSA) is 105 Å². The van der Waals surface area contributed by atoms with E-state index in [1.165, 1.54) is 0 Å². The van der Waals surface area contributed by atoms with Crippen LogP contribution in [0.25, 0.3) is 11.1 Å². The van der Waals surface area contributed by atoms with E-state index in [2.05, 4.69) is 22.2 Å². The summed E-state index contributed by atoms with van der Waals surface area (Å²) in [5, 5.41) is 13.6. The van der Waals surface area contributed by atoms with Gasteiger partial charge in [0.05, 0.1) is 23.5 Å². The van der Waals surface area contributed by atoms with Gasteiger partial charge in [0.25, 0.3) is 5.91 Å². The van der Waals surface area contributed by atoms with Gasteiger partial charge in [0.1, 0.15) is 5.75 Å². The smallest absolute Gasteiger partial charge is 0.268 e. The molecule has 1 atom stereocenters. The Kier molecular flexibility index (Phi) is 11.0. The highest BCUT2D eigenvalue weighted by atomic mass is 32.2. The second-order valence-electron chi connectivity index (χ2n) is 11.2. The summed E-state index contributed by atoms with van der Waals surface area (Å²) >= 11 is 0. The minimum atomic E-state index is -3.74. The molecule has 7 nitrogen and oxygen atoms in total. The average molecular weight is 579 g/mol. The van der Waals surface area contributed by atoms with Crippen LogP contribution in [0.15, 0.2) is 72.8 Å². The molecule has 0 radical (unpaired) electrons. The van der Waals surface area contributed by atoms with Crippen LogP contribution in [0.2, 0.25) is 0 Å². The molecule has 0 bridgehead atoms. The molecular formula is C33H42N2O5S. The Morgan fingerprint density at radius 3 is 2.32 bits per heavy atom. The zero-order valence-electron chi connectivity index (χ0n) is 24.0. The van der Waals surface area contributed by atoms with Gasteiger partial charge < -0.3 is 15.2 Å². The summed E-state index contributed by atoms with van der Waals surface area (Å²) in [7, 11) is -3.74. The van der Waals surface area contributed by atoms with Gasteiger partial charge in [-0.2, -0.15) is 0 Å². The highest BCUT2D eigenvalue weighted by Crippen LogP contribution is 2.29. The van der Waals surface area contributed by atoms with Crippen molar-refractivity contribution in [2.45, 2.75) is 64.6 Å². The molecule has 0 spiro atoms. The third kappa shape index (κ3) is 9.42. The van der Waals surface area contributed by atoms with Gasteiger partial charge >= 0.3 is 0 Å². The summed E-state index contributed by atoms with van der Waals surface area (Å²) in [6.45, 7) is 4.97. The van der Waals surface area contributed by atoms with Gasteiger partial charge in [-0.1, -0.05) is 79.9 Å². The first-order valence-corrected chi connectivity index (χ1v) is 16.2. The molecule has 3 N–H and O–H groups in total. The van der Waals surface area contributed by atoms with Crippen LogP contribution >= 0.6 is 0 Å². The van der Waals surface area contributed by atoms with Gasteiger partial charge in [-0.25, -0.2) is 13.1 Å². The quantitative estimate of drug-likeness (QED) is 0.227. The van der Waals surface area contributed by atoms with Gasteiger partial charge in [0, 0.05) is 6.54 Å². The van der Waals surface area contributed by atoms with Crippen molar-refractivity contribution in [3.05, 3.63) is 89.5 Å². The van der Waals surface area contributed by atoms with Crippen LogP contribution in [0.3, 0.4) is 0 Å². The molecule has 0 aromatic heterocycles. The summed E-state index contributed by atoms with van der Waals surface area (Å²) in [6, 6.07) is 23.0. The molecule has 1 saturated carbocycles. The van der Waals surface area contributed by atoms with Crippen LogP contribution in [-0.4, -0.2) is 44.4 Å². The lowest BCUT2D eigenvalue weighted by Crippen LogP contribution is -2.35. The molecule has 1 fully saturated rings. The zero-order valence-corrected chi connectivity index (χ0v) is 24.8. The van der Waals surface area contributed by atoms with Crippen LogP contribution in [0.4, 0.5) is 0 Å². The number of carbonyl (C=O) groups is 1. The van der Waals surface area contributed by atoms with Crippen molar-refractivity contribution in [3.63, 3.8) is 0 Å². The first kappa shape index (κ1) is 30.8. The molecule has 3 aromatic carbocycles. The fraction of sp³-hybridized carbons (Fsp3) is 0.424. The molecule has 1 aliphatic carbocycles. The Balaban J connectivity index is 1.37. The summed E-state index contributed by atoms with van der Waals surface area (Å²) < 4.78 is 33.7. The lowest BCUT2D eigenvalue weighted by atomic mass is 9.91. The van der Waals surface area contributed by atoms with E-state index >= 15 is 0 Å². The monoisotopic (exact) mass is 578 g/mol. The zero-order chi connectivity index (χ0) is 29.2. The summed E-state index contributed by atoms with van der Waals surface area (Å²) in [4.78, 5) is 13.1. The molecule has 220 valence electrons. The van der Waals surface area contributed by atoms with Crippen molar-refractivity contribution < 1.29 is 23.1 Å². The lowest BCUT2D eigenvalue weighted by Gasteiger charge is -2.21. The minimum Gasteiger partial charge on any atom is -0.490 e. The summed E-state index contributed by atoms with van der Waals surface area (Å²) in [5.41, 5.74) is 4.10. The molecule has 4 rings (SSSR count). The number of benzene rings is 3. The number of ether oxygens (including phenoxy) is 1. The Labute approximate surface area is 244 Å². The van der Waals surface area contributed by atoms with E-state index < -0.39 is 22.0 Å². The van der Waals surface area contributed by atoms with Crippen LogP contribution in [0.5, 0.6) is 5.75 Å². The molecule has 41 heavy (non-hydrogen) atoms. The molecule has 1 aliphatic rings. The normalized spacial score (nSPS) is 15.0. The fourth-order valence-electron chi connectivity index (χ4n) is 5.27. The third-order valence-electron chi connectivity index (χ3n) is 7.42. The number of sulfonamides is 1. The minimum absolute atomic E-state index is 0.0212. The van der Waals surface area contributed by atoms with Gasteiger partial charge in [0.15, 0.2) is 0 Å². The number of carbonyl (C=O) groups excluding carboxylic acids is 1. The van der Waals surface area contributed by atoms with E-state index in [0.717, 1.165) is 67.3 Å². The van der Waals surface area contributed by atoms with Crippen molar-refractivity contribution in [2.24, 2.45) is 5.92 Å². The van der Waals surface area contributed by atoms with E-state index in [9.17, 15) is 18.3 Å². The van der Waals surface area contributed by atoms with Crippen LogP contribution in [0.1, 0.15) is 73.5 Å². The number of rotatable bonds is 13. The van der Waals surface area contributed by atoms with Gasteiger partial charge in [0.2, 0.25) is 10.0 Å². The lowest BCUT2D eigenvalue weighted by molar-refractivity contribution is 0.0975. The largest absolute Gasteiger partial charge is 0.490 e. The SMILES string of the molecule is CC(C)Oc1cc(-c2ccc(CCNC[C@H](O)c3ccccc3)cc2)ccc1C(=O)NS(=O)(=O)CC1CCCCC1. The van der Waals surface area contributed by atoms with Gasteiger partial charge in [-0.15, -0.1) is 0 Å². The highest BCUT2D eigenvalue weighted by molar-refractivity contribution is 7.90. The Morgan fingerprint density at radius 1 is 0.951 bits per heavy atom. The van der Waals surface area contributed by atoms with E-state index in [-0.39, 0.29) is 23.3 Å². The van der Waals surface area contributed by atoms with E-state index in [0.29, 0.717) is 12.3 Å². The molecule has 3 aromatic rings. The predicted molar refractivity (Wildman–Crippen MR) is 163 cm³/mol. The number of hydrogen-bond donors (Lipinski definition) is 3. The first-order valence-electron chi connectivity index (χ1n) is 14.6. The Morgan fingerprint density at radius 2 is 1.63 bits per heavy atom. The number of amides is 1. The maximum Gasteiger partial charge on any atom is 0.268 e. The van der Waals surface area contributed by atoms with E-state index in [4.69, 9.17) is 4.74 Å². The number of aliphatic hydroxyl groups excluding tert-OH is 1.